The maximum absolute atomic E-state index is 12.5. The minimum absolute atomic E-state index is 0.0142. The Morgan fingerprint density at radius 2 is 1.82 bits per heavy atom. The first-order chi connectivity index (χ1) is 10.3. The maximum atomic E-state index is 12.5. The van der Waals surface area contributed by atoms with Gasteiger partial charge in [0.15, 0.2) is 5.78 Å². The van der Waals surface area contributed by atoms with Crippen LogP contribution >= 0.6 is 0 Å². The minimum atomic E-state index is -0.200. The predicted octanol–water partition coefficient (Wildman–Crippen LogP) is 3.76. The highest BCUT2D eigenvalue weighted by atomic mass is 16.1. The van der Waals surface area contributed by atoms with Gasteiger partial charge in [-0.25, -0.2) is 0 Å². The molecule has 0 saturated carbocycles. The second-order valence-corrected chi connectivity index (χ2v) is 7.23. The summed E-state index contributed by atoms with van der Waals surface area (Å²) in [6, 6.07) is 10.0. The number of hydrogen-bond donors (Lipinski definition) is 1. The van der Waals surface area contributed by atoms with Crippen LogP contribution < -0.4 is 5.32 Å². The van der Waals surface area contributed by atoms with E-state index in [1.54, 1.807) is 0 Å². The van der Waals surface area contributed by atoms with Crippen LogP contribution in [-0.4, -0.2) is 22.3 Å². The summed E-state index contributed by atoms with van der Waals surface area (Å²) >= 11 is 0. The first-order valence-electron chi connectivity index (χ1n) is 7.91. The molecule has 0 aliphatic heterocycles. The van der Waals surface area contributed by atoms with Crippen molar-refractivity contribution in [3.05, 3.63) is 42.2 Å². The number of fused-ring (bicyclic) bond motifs is 1. The van der Waals surface area contributed by atoms with Gasteiger partial charge in [0.05, 0.1) is 6.04 Å². The molecule has 22 heavy (non-hydrogen) atoms. The SMILES string of the molecule is CC(C)C(=O)C(Cc1cc2ccccc2cn1)NC(C)(C)C. The van der Waals surface area contributed by atoms with Gasteiger partial charge in [-0.15, -0.1) is 0 Å². The van der Waals surface area contributed by atoms with Crippen molar-refractivity contribution < 1.29 is 4.79 Å². The standard InChI is InChI=1S/C19H26N2O/c1-13(2)18(22)17(21-19(3,4)5)11-16-10-14-8-6-7-9-15(14)12-20-16/h6-10,12-13,17,21H,11H2,1-5H3. The molecule has 0 radical (unpaired) electrons. The van der Waals surface area contributed by atoms with Gasteiger partial charge in [-0.2, -0.15) is 0 Å². The van der Waals surface area contributed by atoms with Gasteiger partial charge in [0.25, 0.3) is 0 Å². The molecule has 1 aromatic carbocycles. The van der Waals surface area contributed by atoms with Crippen LogP contribution in [-0.2, 0) is 11.2 Å². The molecule has 3 nitrogen and oxygen atoms in total. The fourth-order valence-corrected chi connectivity index (χ4v) is 2.60. The van der Waals surface area contributed by atoms with Crippen LogP contribution in [0.1, 0.15) is 40.3 Å². The van der Waals surface area contributed by atoms with Gasteiger partial charge in [-0.05, 0) is 32.2 Å². The number of pyridine rings is 1. The summed E-state index contributed by atoms with van der Waals surface area (Å²) in [4.78, 5) is 17.0. The zero-order valence-electron chi connectivity index (χ0n) is 14.2. The van der Waals surface area contributed by atoms with Gasteiger partial charge in [0.2, 0.25) is 0 Å². The molecule has 0 saturated heterocycles. The van der Waals surface area contributed by atoms with E-state index in [1.165, 1.54) is 5.39 Å². The van der Waals surface area contributed by atoms with Gasteiger partial charge in [0.1, 0.15) is 0 Å². The fourth-order valence-electron chi connectivity index (χ4n) is 2.60. The topological polar surface area (TPSA) is 42.0 Å². The zero-order valence-corrected chi connectivity index (χ0v) is 14.2. The number of benzene rings is 1. The normalized spacial score (nSPS) is 13.5. The summed E-state index contributed by atoms with van der Waals surface area (Å²) in [5.41, 5.74) is 0.848. The van der Waals surface area contributed by atoms with E-state index < -0.39 is 0 Å². The van der Waals surface area contributed by atoms with Crippen molar-refractivity contribution in [2.45, 2.75) is 52.6 Å². The molecule has 0 fully saturated rings. The third-order valence-corrected chi connectivity index (χ3v) is 3.62. The number of nitrogens with zero attached hydrogens (tertiary/aromatic N) is 1. The molecule has 0 spiro atoms. The molecule has 1 aromatic heterocycles. The second-order valence-electron chi connectivity index (χ2n) is 7.23. The molecule has 0 amide bonds. The number of carbonyl (C=O) groups excluding carboxylic acids is 1. The lowest BCUT2D eigenvalue weighted by atomic mass is 9.94. The molecular formula is C19H26N2O. The lowest BCUT2D eigenvalue weighted by molar-refractivity contribution is -0.124. The molecule has 1 heterocycles. The average Bonchev–Trinajstić information content (AvgIpc) is 2.44. The van der Waals surface area contributed by atoms with Crippen LogP contribution in [0.25, 0.3) is 10.8 Å². The Morgan fingerprint density at radius 1 is 1.18 bits per heavy atom. The van der Waals surface area contributed by atoms with Gasteiger partial charge in [-0.3, -0.25) is 9.78 Å². The number of rotatable bonds is 5. The Morgan fingerprint density at radius 3 is 2.41 bits per heavy atom. The smallest absolute Gasteiger partial charge is 0.152 e. The molecule has 2 aromatic rings. The minimum Gasteiger partial charge on any atom is -0.302 e. The van der Waals surface area contributed by atoms with E-state index in [-0.39, 0.29) is 23.3 Å². The Balaban J connectivity index is 2.25. The van der Waals surface area contributed by atoms with Crippen molar-refractivity contribution in [1.82, 2.24) is 10.3 Å². The highest BCUT2D eigenvalue weighted by Crippen LogP contribution is 2.16. The Bertz CT molecular complexity index is 656. The summed E-state index contributed by atoms with van der Waals surface area (Å²) in [7, 11) is 0. The Hall–Kier alpha value is -1.74. The summed E-state index contributed by atoms with van der Waals surface area (Å²) in [6.07, 6.45) is 2.51. The van der Waals surface area contributed by atoms with E-state index in [0.29, 0.717) is 6.42 Å². The van der Waals surface area contributed by atoms with Crippen LogP contribution in [0.4, 0.5) is 0 Å². The van der Waals surface area contributed by atoms with E-state index in [2.05, 4.69) is 49.3 Å². The van der Waals surface area contributed by atoms with Crippen molar-refractivity contribution >= 4 is 16.6 Å². The number of aromatic nitrogens is 1. The molecule has 2 rings (SSSR count). The third kappa shape index (κ3) is 4.38. The number of hydrogen-bond acceptors (Lipinski definition) is 3. The zero-order chi connectivity index (χ0) is 16.3. The molecule has 1 atom stereocenters. The molecule has 0 aliphatic rings. The van der Waals surface area contributed by atoms with Crippen molar-refractivity contribution in [1.29, 1.82) is 0 Å². The van der Waals surface area contributed by atoms with Crippen molar-refractivity contribution in [3.8, 4) is 0 Å². The van der Waals surface area contributed by atoms with Crippen molar-refractivity contribution in [2.24, 2.45) is 5.92 Å². The predicted molar refractivity (Wildman–Crippen MR) is 92.0 cm³/mol. The quantitative estimate of drug-likeness (QED) is 0.914. The number of Topliss-reactive ketones (excluding diaryl/α,β-unsaturated/α-hetero) is 1. The molecule has 0 bridgehead atoms. The van der Waals surface area contributed by atoms with Gasteiger partial charge >= 0.3 is 0 Å². The van der Waals surface area contributed by atoms with E-state index in [4.69, 9.17) is 0 Å². The van der Waals surface area contributed by atoms with Crippen LogP contribution in [0, 0.1) is 5.92 Å². The molecular weight excluding hydrogens is 272 g/mol. The van der Waals surface area contributed by atoms with Crippen LogP contribution in [0.2, 0.25) is 0 Å². The number of ketones is 1. The molecule has 0 aliphatic carbocycles. The maximum Gasteiger partial charge on any atom is 0.152 e. The molecule has 1 N–H and O–H groups in total. The van der Waals surface area contributed by atoms with E-state index in [9.17, 15) is 4.79 Å². The van der Waals surface area contributed by atoms with Gasteiger partial charge in [0, 0.05) is 35.2 Å². The van der Waals surface area contributed by atoms with Crippen LogP contribution in [0.15, 0.2) is 36.5 Å². The highest BCUT2D eigenvalue weighted by Gasteiger charge is 2.26. The number of nitrogens with one attached hydrogen (secondary N) is 1. The molecule has 3 heteroatoms. The van der Waals surface area contributed by atoms with Crippen LogP contribution in [0.5, 0.6) is 0 Å². The van der Waals surface area contributed by atoms with Gasteiger partial charge in [-0.1, -0.05) is 38.1 Å². The van der Waals surface area contributed by atoms with E-state index in [1.807, 2.05) is 32.2 Å². The van der Waals surface area contributed by atoms with Crippen LogP contribution in [0.3, 0.4) is 0 Å². The lowest BCUT2D eigenvalue weighted by Crippen LogP contribution is -2.50. The summed E-state index contributed by atoms with van der Waals surface area (Å²) in [5.74, 6) is 0.255. The second kappa shape index (κ2) is 6.57. The average molecular weight is 298 g/mol. The monoisotopic (exact) mass is 298 g/mol. The van der Waals surface area contributed by atoms with E-state index >= 15 is 0 Å². The Labute approximate surface area is 133 Å². The van der Waals surface area contributed by atoms with E-state index in [0.717, 1.165) is 11.1 Å². The largest absolute Gasteiger partial charge is 0.302 e. The summed E-state index contributed by atoms with van der Waals surface area (Å²) in [6.45, 7) is 10.2. The summed E-state index contributed by atoms with van der Waals surface area (Å²) in [5, 5.41) is 5.74. The summed E-state index contributed by atoms with van der Waals surface area (Å²) < 4.78 is 0. The molecule has 1 unspecified atom stereocenters. The Kier molecular flexibility index (Phi) is 4.97. The molecule has 118 valence electrons. The van der Waals surface area contributed by atoms with Crippen molar-refractivity contribution in [2.75, 3.05) is 0 Å². The van der Waals surface area contributed by atoms with Gasteiger partial charge < -0.3 is 5.32 Å². The lowest BCUT2D eigenvalue weighted by Gasteiger charge is -2.28. The van der Waals surface area contributed by atoms with Crippen molar-refractivity contribution in [3.63, 3.8) is 0 Å². The first-order valence-corrected chi connectivity index (χ1v) is 7.91. The number of carbonyl (C=O) groups is 1. The third-order valence-electron chi connectivity index (χ3n) is 3.62. The first kappa shape index (κ1) is 16.6. The fraction of sp³-hybridized carbons (Fsp3) is 0.474. The highest BCUT2D eigenvalue weighted by molar-refractivity contribution is 5.86.